The average molecular weight is 286 g/mol. The molecule has 0 fully saturated rings. The van der Waals surface area contributed by atoms with Crippen LogP contribution in [0.2, 0.25) is 0 Å². The lowest BCUT2D eigenvalue weighted by molar-refractivity contribution is -0.0740. The molecule has 0 radical (unpaired) electrons. The molecule has 0 saturated heterocycles. The molecule has 7 nitrogen and oxygen atoms in total. The second-order valence-electron chi connectivity index (χ2n) is 4.55. The van der Waals surface area contributed by atoms with Gasteiger partial charge >= 0.3 is 5.97 Å². The minimum absolute atomic E-state index is 0.137. The summed E-state index contributed by atoms with van der Waals surface area (Å²) in [7, 11) is 0. The Balaban J connectivity index is 2.73. The zero-order valence-electron chi connectivity index (χ0n) is 11.1. The molecule has 1 rings (SSSR count). The Morgan fingerprint density at radius 3 is 2.35 bits per heavy atom. The molecule has 20 heavy (non-hydrogen) atoms. The number of hydrogen-bond donors (Lipinski definition) is 5. The monoisotopic (exact) mass is 286 g/mol. The van der Waals surface area contributed by atoms with Crippen LogP contribution in [-0.2, 0) is 4.74 Å². The van der Waals surface area contributed by atoms with E-state index in [4.69, 9.17) is 9.84 Å². The lowest BCUT2D eigenvalue weighted by Gasteiger charge is -2.20. The first-order valence-corrected chi connectivity index (χ1v) is 5.98. The van der Waals surface area contributed by atoms with Gasteiger partial charge in [-0.15, -0.1) is 0 Å². The molecular weight excluding hydrogens is 268 g/mol. The van der Waals surface area contributed by atoms with Crippen LogP contribution in [0.1, 0.15) is 22.8 Å². The van der Waals surface area contributed by atoms with Crippen molar-refractivity contribution >= 4 is 5.97 Å². The molecule has 0 bridgehead atoms. The Labute approximate surface area is 115 Å². The predicted molar refractivity (Wildman–Crippen MR) is 68.5 cm³/mol. The average Bonchev–Trinajstić information content (AvgIpc) is 2.33. The summed E-state index contributed by atoms with van der Waals surface area (Å²) in [6, 6.07) is 2.27. The molecule has 0 aliphatic heterocycles. The van der Waals surface area contributed by atoms with Gasteiger partial charge in [-0.1, -0.05) is 0 Å². The Hall–Kier alpha value is -1.83. The van der Waals surface area contributed by atoms with Crippen LogP contribution in [0.15, 0.2) is 12.1 Å². The van der Waals surface area contributed by atoms with Gasteiger partial charge in [0, 0.05) is 6.07 Å². The van der Waals surface area contributed by atoms with Gasteiger partial charge in [-0.2, -0.15) is 0 Å². The first kappa shape index (κ1) is 16.2. The number of carbonyl (C=O) groups excluding carboxylic acids is 1. The van der Waals surface area contributed by atoms with E-state index in [1.165, 1.54) is 19.9 Å². The van der Waals surface area contributed by atoms with Crippen molar-refractivity contribution in [2.24, 2.45) is 0 Å². The highest BCUT2D eigenvalue weighted by atomic mass is 16.5. The maximum atomic E-state index is 11.8. The quantitative estimate of drug-likeness (QED) is 0.469. The fourth-order valence-electron chi connectivity index (χ4n) is 1.67. The molecule has 0 aromatic heterocycles. The van der Waals surface area contributed by atoms with Crippen molar-refractivity contribution in [3.05, 3.63) is 23.3 Å². The third-order valence-corrected chi connectivity index (χ3v) is 2.78. The normalized spacial score (nSPS) is 15.4. The number of esters is 1. The number of aryl methyl sites for hydroxylation is 1. The van der Waals surface area contributed by atoms with E-state index in [2.05, 4.69) is 0 Å². The van der Waals surface area contributed by atoms with Gasteiger partial charge < -0.3 is 30.3 Å². The van der Waals surface area contributed by atoms with E-state index < -0.39 is 36.6 Å². The van der Waals surface area contributed by atoms with Crippen LogP contribution in [0.25, 0.3) is 0 Å². The number of phenols is 2. The molecular formula is C13H18O7. The smallest absolute Gasteiger partial charge is 0.342 e. The zero-order valence-corrected chi connectivity index (χ0v) is 11.1. The molecule has 1 aromatic carbocycles. The summed E-state index contributed by atoms with van der Waals surface area (Å²) in [4.78, 5) is 11.8. The van der Waals surface area contributed by atoms with E-state index in [1.54, 1.807) is 0 Å². The first-order chi connectivity index (χ1) is 9.23. The standard InChI is InChI=1S/C13H18O7/c1-6-3-8(15)4-9(16)11(6)13(19)20-5-10(17)12(18)7(2)14/h3-4,7,10,12,14-18H,5H2,1-2H3. The van der Waals surface area contributed by atoms with Gasteiger partial charge in [0.2, 0.25) is 0 Å². The van der Waals surface area contributed by atoms with Crippen molar-refractivity contribution in [1.82, 2.24) is 0 Å². The van der Waals surface area contributed by atoms with Crippen molar-refractivity contribution in [3.8, 4) is 11.5 Å². The molecule has 112 valence electrons. The van der Waals surface area contributed by atoms with Crippen LogP contribution in [0.3, 0.4) is 0 Å². The minimum Gasteiger partial charge on any atom is -0.508 e. The number of rotatable bonds is 5. The number of aromatic hydroxyl groups is 2. The molecule has 1 aromatic rings. The fourth-order valence-corrected chi connectivity index (χ4v) is 1.67. The van der Waals surface area contributed by atoms with E-state index >= 15 is 0 Å². The van der Waals surface area contributed by atoms with Crippen LogP contribution in [0, 0.1) is 6.92 Å². The second-order valence-corrected chi connectivity index (χ2v) is 4.55. The largest absolute Gasteiger partial charge is 0.508 e. The van der Waals surface area contributed by atoms with Crippen molar-refractivity contribution in [2.75, 3.05) is 6.61 Å². The SMILES string of the molecule is Cc1cc(O)cc(O)c1C(=O)OCC(O)C(O)C(C)O. The number of phenolic OH excluding ortho intramolecular Hbond substituents is 2. The minimum atomic E-state index is -1.45. The van der Waals surface area contributed by atoms with E-state index in [0.29, 0.717) is 5.56 Å². The maximum Gasteiger partial charge on any atom is 0.342 e. The van der Waals surface area contributed by atoms with Crippen LogP contribution in [0.5, 0.6) is 11.5 Å². The van der Waals surface area contributed by atoms with Gasteiger partial charge in [0.15, 0.2) is 0 Å². The Bertz CT molecular complexity index is 461. The summed E-state index contributed by atoms with van der Waals surface area (Å²) >= 11 is 0. The van der Waals surface area contributed by atoms with Gasteiger partial charge in [-0.3, -0.25) is 0 Å². The number of aliphatic hydroxyl groups excluding tert-OH is 3. The molecule has 0 amide bonds. The topological polar surface area (TPSA) is 127 Å². The molecule has 0 heterocycles. The van der Waals surface area contributed by atoms with Crippen molar-refractivity contribution < 1.29 is 35.1 Å². The highest BCUT2D eigenvalue weighted by Gasteiger charge is 2.24. The van der Waals surface area contributed by atoms with Gasteiger partial charge in [0.05, 0.1) is 6.10 Å². The molecule has 0 aliphatic carbocycles. The molecule has 0 spiro atoms. The summed E-state index contributed by atoms with van der Waals surface area (Å²) in [5, 5.41) is 46.7. The third-order valence-electron chi connectivity index (χ3n) is 2.78. The van der Waals surface area contributed by atoms with E-state index in [9.17, 15) is 25.2 Å². The van der Waals surface area contributed by atoms with Gasteiger partial charge in [0.1, 0.15) is 35.9 Å². The van der Waals surface area contributed by atoms with Gasteiger partial charge in [-0.25, -0.2) is 4.79 Å². The summed E-state index contributed by atoms with van der Waals surface area (Å²) in [6.07, 6.45) is -4.07. The second kappa shape index (κ2) is 6.56. The van der Waals surface area contributed by atoms with Gasteiger partial charge in [0.25, 0.3) is 0 Å². The van der Waals surface area contributed by atoms with Crippen LogP contribution >= 0.6 is 0 Å². The summed E-state index contributed by atoms with van der Waals surface area (Å²) in [5.74, 6) is -1.55. The lowest BCUT2D eigenvalue weighted by Crippen LogP contribution is -2.39. The fraction of sp³-hybridized carbons (Fsp3) is 0.462. The number of aliphatic hydroxyl groups is 3. The van der Waals surface area contributed by atoms with Gasteiger partial charge in [-0.05, 0) is 25.5 Å². The summed E-state index contributed by atoms with van der Waals surface area (Å²) < 4.78 is 4.76. The molecule has 7 heteroatoms. The Morgan fingerprint density at radius 2 is 1.85 bits per heavy atom. The molecule has 0 saturated carbocycles. The molecule has 5 N–H and O–H groups in total. The Kier molecular flexibility index (Phi) is 5.32. The summed E-state index contributed by atoms with van der Waals surface area (Å²) in [5.41, 5.74) is 0.166. The highest BCUT2D eigenvalue weighted by molar-refractivity contribution is 5.94. The lowest BCUT2D eigenvalue weighted by atomic mass is 10.1. The van der Waals surface area contributed by atoms with Crippen LogP contribution in [0.4, 0.5) is 0 Å². The van der Waals surface area contributed by atoms with Crippen molar-refractivity contribution in [2.45, 2.75) is 32.2 Å². The first-order valence-electron chi connectivity index (χ1n) is 5.98. The van der Waals surface area contributed by atoms with Crippen LogP contribution in [-0.4, -0.2) is 56.4 Å². The number of hydrogen-bond acceptors (Lipinski definition) is 7. The van der Waals surface area contributed by atoms with Crippen LogP contribution < -0.4 is 0 Å². The molecule has 3 atom stereocenters. The summed E-state index contributed by atoms with van der Waals surface area (Å²) in [6.45, 7) is 2.24. The molecule has 0 aliphatic rings. The Morgan fingerprint density at radius 1 is 1.25 bits per heavy atom. The van der Waals surface area contributed by atoms with Crippen molar-refractivity contribution in [3.63, 3.8) is 0 Å². The predicted octanol–water partition coefficient (Wildman–Crippen LogP) is -0.334. The number of ether oxygens (including phenoxy) is 1. The van der Waals surface area contributed by atoms with Crippen molar-refractivity contribution in [1.29, 1.82) is 0 Å². The van der Waals surface area contributed by atoms with E-state index in [-0.39, 0.29) is 11.3 Å². The molecule has 3 unspecified atom stereocenters. The maximum absolute atomic E-state index is 11.8. The van der Waals surface area contributed by atoms with E-state index in [0.717, 1.165) is 6.07 Å². The third kappa shape index (κ3) is 3.83. The number of benzene rings is 1. The number of carbonyl (C=O) groups is 1. The highest BCUT2D eigenvalue weighted by Crippen LogP contribution is 2.27. The zero-order chi connectivity index (χ0) is 15.4. The van der Waals surface area contributed by atoms with E-state index in [1.807, 2.05) is 0 Å².